The van der Waals surface area contributed by atoms with Crippen LogP contribution in [0.3, 0.4) is 0 Å². The van der Waals surface area contributed by atoms with Gasteiger partial charge in [0.25, 0.3) is 0 Å². The van der Waals surface area contributed by atoms with E-state index in [4.69, 9.17) is 0 Å². The maximum Gasteiger partial charge on any atom is 0.249 e. The van der Waals surface area contributed by atoms with Crippen LogP contribution in [-0.4, -0.2) is 26.1 Å². The van der Waals surface area contributed by atoms with Crippen LogP contribution in [-0.2, 0) is 4.79 Å². The average Bonchev–Trinajstić information content (AvgIpc) is 2.84. The third-order valence-corrected chi connectivity index (χ3v) is 2.78. The Balaban J connectivity index is 2.04. The Bertz CT molecular complexity index is 496. The number of carbonyl (C=O) groups excluding carboxylic acids is 1. The van der Waals surface area contributed by atoms with E-state index in [0.717, 1.165) is 10.2 Å². The minimum atomic E-state index is -0.450. The van der Waals surface area contributed by atoms with E-state index in [1.807, 2.05) is 24.3 Å². The Morgan fingerprint density at radius 3 is 2.71 bits per heavy atom. The van der Waals surface area contributed by atoms with Crippen molar-refractivity contribution >= 4 is 27.5 Å². The van der Waals surface area contributed by atoms with E-state index in [1.165, 1.54) is 11.0 Å². The number of hydrogen-bond donors (Lipinski definition) is 1. The molecule has 0 aliphatic heterocycles. The number of benzene rings is 1. The van der Waals surface area contributed by atoms with Crippen molar-refractivity contribution in [3.05, 3.63) is 35.1 Å². The SMILES string of the molecule is C[C@@H](C(=O)Nc1ccc(Br)cc1)n1cnnn1. The summed E-state index contributed by atoms with van der Waals surface area (Å²) >= 11 is 3.33. The summed E-state index contributed by atoms with van der Waals surface area (Å²) in [5.41, 5.74) is 0.734. The first-order valence-electron chi connectivity index (χ1n) is 4.96. The third-order valence-electron chi connectivity index (χ3n) is 2.25. The van der Waals surface area contributed by atoms with Gasteiger partial charge in [0.2, 0.25) is 5.91 Å². The number of nitrogens with zero attached hydrogens (tertiary/aromatic N) is 4. The van der Waals surface area contributed by atoms with Gasteiger partial charge in [-0.15, -0.1) is 5.10 Å². The van der Waals surface area contributed by atoms with Crippen LogP contribution in [0.25, 0.3) is 0 Å². The summed E-state index contributed by atoms with van der Waals surface area (Å²) in [6, 6.07) is 6.89. The van der Waals surface area contributed by atoms with Crippen LogP contribution < -0.4 is 5.32 Å². The molecule has 1 N–H and O–H groups in total. The van der Waals surface area contributed by atoms with Crippen molar-refractivity contribution in [2.45, 2.75) is 13.0 Å². The van der Waals surface area contributed by atoms with Gasteiger partial charge in [-0.3, -0.25) is 4.79 Å². The fourth-order valence-corrected chi connectivity index (χ4v) is 1.51. The predicted octanol–water partition coefficient (Wildman–Crippen LogP) is 1.64. The van der Waals surface area contributed by atoms with E-state index in [9.17, 15) is 4.79 Å². The van der Waals surface area contributed by atoms with Gasteiger partial charge in [0, 0.05) is 10.2 Å². The highest BCUT2D eigenvalue weighted by molar-refractivity contribution is 9.10. The maximum atomic E-state index is 11.9. The van der Waals surface area contributed by atoms with Crippen LogP contribution >= 0.6 is 15.9 Å². The first kappa shape index (κ1) is 11.7. The van der Waals surface area contributed by atoms with Gasteiger partial charge in [0.05, 0.1) is 0 Å². The summed E-state index contributed by atoms with van der Waals surface area (Å²) in [6.07, 6.45) is 1.41. The zero-order valence-corrected chi connectivity index (χ0v) is 10.6. The smallest absolute Gasteiger partial charge is 0.249 e. The molecule has 1 atom stereocenters. The number of nitrogens with one attached hydrogen (secondary N) is 1. The minimum absolute atomic E-state index is 0.167. The molecule has 1 aromatic heterocycles. The van der Waals surface area contributed by atoms with Gasteiger partial charge in [-0.25, -0.2) is 4.68 Å². The number of hydrogen-bond acceptors (Lipinski definition) is 4. The zero-order valence-electron chi connectivity index (χ0n) is 9.04. The van der Waals surface area contributed by atoms with Crippen LogP contribution in [0.5, 0.6) is 0 Å². The van der Waals surface area contributed by atoms with Crippen molar-refractivity contribution in [2.24, 2.45) is 0 Å². The molecule has 0 spiro atoms. The van der Waals surface area contributed by atoms with Crippen molar-refractivity contribution in [2.75, 3.05) is 5.32 Å². The molecule has 0 unspecified atom stereocenters. The van der Waals surface area contributed by atoms with E-state index in [2.05, 4.69) is 36.8 Å². The first-order chi connectivity index (χ1) is 8.16. The fraction of sp³-hybridized carbons (Fsp3) is 0.200. The van der Waals surface area contributed by atoms with E-state index in [0.29, 0.717) is 0 Å². The summed E-state index contributed by atoms with van der Waals surface area (Å²) in [6.45, 7) is 1.73. The first-order valence-corrected chi connectivity index (χ1v) is 5.75. The number of halogens is 1. The average molecular weight is 296 g/mol. The van der Waals surface area contributed by atoms with Crippen LogP contribution in [0.1, 0.15) is 13.0 Å². The molecule has 2 aromatic rings. The summed E-state index contributed by atoms with van der Waals surface area (Å²) in [7, 11) is 0. The number of anilines is 1. The fourth-order valence-electron chi connectivity index (χ4n) is 1.25. The molecule has 0 aliphatic rings. The lowest BCUT2D eigenvalue weighted by atomic mass is 10.3. The standard InChI is InChI=1S/C10H10BrN5O/c1-7(16-6-12-14-15-16)10(17)13-9-4-2-8(11)3-5-9/h2-7H,1H3,(H,13,17)/t7-/m0/s1. The van der Waals surface area contributed by atoms with Crippen molar-refractivity contribution in [3.63, 3.8) is 0 Å². The molecule has 1 aromatic carbocycles. The molecule has 2 rings (SSSR count). The molecular formula is C10H10BrN5O. The monoisotopic (exact) mass is 295 g/mol. The highest BCUT2D eigenvalue weighted by Gasteiger charge is 2.15. The quantitative estimate of drug-likeness (QED) is 0.934. The Labute approximate surface area is 106 Å². The second-order valence-electron chi connectivity index (χ2n) is 3.46. The van der Waals surface area contributed by atoms with Crippen molar-refractivity contribution in [3.8, 4) is 0 Å². The molecule has 17 heavy (non-hydrogen) atoms. The summed E-state index contributed by atoms with van der Waals surface area (Å²) in [5.74, 6) is -0.167. The Hall–Kier alpha value is -1.76. The van der Waals surface area contributed by atoms with Gasteiger partial charge in [-0.05, 0) is 41.6 Å². The predicted molar refractivity (Wildman–Crippen MR) is 65.3 cm³/mol. The van der Waals surface area contributed by atoms with Crippen molar-refractivity contribution < 1.29 is 4.79 Å². The number of amides is 1. The highest BCUT2D eigenvalue weighted by atomic mass is 79.9. The molecule has 0 aliphatic carbocycles. The van der Waals surface area contributed by atoms with Gasteiger partial charge < -0.3 is 5.32 Å². The lowest BCUT2D eigenvalue weighted by Gasteiger charge is -2.11. The molecular weight excluding hydrogens is 286 g/mol. The van der Waals surface area contributed by atoms with E-state index < -0.39 is 6.04 Å². The molecule has 1 heterocycles. The topological polar surface area (TPSA) is 72.7 Å². The normalized spacial score (nSPS) is 12.1. The molecule has 1 amide bonds. The Morgan fingerprint density at radius 1 is 1.41 bits per heavy atom. The van der Waals surface area contributed by atoms with Gasteiger partial charge in [0.1, 0.15) is 12.4 Å². The molecule has 0 bridgehead atoms. The lowest BCUT2D eigenvalue weighted by molar-refractivity contribution is -0.119. The third kappa shape index (κ3) is 2.88. The number of rotatable bonds is 3. The van der Waals surface area contributed by atoms with Crippen LogP contribution in [0.2, 0.25) is 0 Å². The Morgan fingerprint density at radius 2 is 2.12 bits per heavy atom. The van der Waals surface area contributed by atoms with E-state index in [-0.39, 0.29) is 5.91 Å². The van der Waals surface area contributed by atoms with Gasteiger partial charge >= 0.3 is 0 Å². The summed E-state index contributed by atoms with van der Waals surface area (Å²) in [4.78, 5) is 11.9. The second-order valence-corrected chi connectivity index (χ2v) is 4.38. The summed E-state index contributed by atoms with van der Waals surface area (Å²) in [5, 5.41) is 13.4. The Kier molecular flexibility index (Phi) is 3.48. The number of tetrazole rings is 1. The van der Waals surface area contributed by atoms with Crippen molar-refractivity contribution in [1.82, 2.24) is 20.2 Å². The number of carbonyl (C=O) groups is 1. The van der Waals surface area contributed by atoms with Crippen LogP contribution in [0.4, 0.5) is 5.69 Å². The maximum absolute atomic E-state index is 11.9. The molecule has 0 saturated heterocycles. The largest absolute Gasteiger partial charge is 0.324 e. The molecule has 0 radical (unpaired) electrons. The van der Waals surface area contributed by atoms with E-state index in [1.54, 1.807) is 6.92 Å². The molecule has 88 valence electrons. The lowest BCUT2D eigenvalue weighted by Crippen LogP contribution is -2.24. The molecule has 6 nitrogen and oxygen atoms in total. The highest BCUT2D eigenvalue weighted by Crippen LogP contribution is 2.15. The summed E-state index contributed by atoms with van der Waals surface area (Å²) < 4.78 is 2.36. The van der Waals surface area contributed by atoms with Crippen LogP contribution in [0, 0.1) is 0 Å². The van der Waals surface area contributed by atoms with Gasteiger partial charge in [-0.2, -0.15) is 0 Å². The van der Waals surface area contributed by atoms with Gasteiger partial charge in [0.15, 0.2) is 0 Å². The minimum Gasteiger partial charge on any atom is -0.324 e. The van der Waals surface area contributed by atoms with Crippen LogP contribution in [0.15, 0.2) is 35.1 Å². The molecule has 0 fully saturated rings. The zero-order chi connectivity index (χ0) is 12.3. The van der Waals surface area contributed by atoms with E-state index >= 15 is 0 Å². The van der Waals surface area contributed by atoms with Gasteiger partial charge in [-0.1, -0.05) is 15.9 Å². The second kappa shape index (κ2) is 5.05. The molecule has 0 saturated carbocycles. The molecule has 7 heteroatoms. The number of aromatic nitrogens is 4. The van der Waals surface area contributed by atoms with Crippen molar-refractivity contribution in [1.29, 1.82) is 0 Å².